The van der Waals surface area contributed by atoms with Gasteiger partial charge in [0.05, 0.1) is 12.7 Å². The van der Waals surface area contributed by atoms with Crippen molar-refractivity contribution in [1.82, 2.24) is 19.9 Å². The number of nitrogens with zero attached hydrogens (tertiary/aromatic N) is 2. The maximum absolute atomic E-state index is 10.4. The summed E-state index contributed by atoms with van der Waals surface area (Å²) in [6.45, 7) is 0. The Balaban J connectivity index is 0.000000391. The van der Waals surface area contributed by atoms with Gasteiger partial charge in [0.15, 0.2) is 23.8 Å². The number of amides is 2. The number of aliphatic hydroxyl groups is 2. The van der Waals surface area contributed by atoms with Gasteiger partial charge in [0.25, 0.3) is 11.8 Å². The first-order valence-corrected chi connectivity index (χ1v) is 6.89. The summed E-state index contributed by atoms with van der Waals surface area (Å²) in [5, 5.41) is 32.5. The molecule has 0 aliphatic carbocycles. The van der Waals surface area contributed by atoms with Crippen molar-refractivity contribution in [2.24, 2.45) is 11.5 Å². The molecule has 2 aromatic rings. The normalized spacial score (nSPS) is 11.6. The summed E-state index contributed by atoms with van der Waals surface area (Å²) in [5.41, 5.74) is 20.5. The van der Waals surface area contributed by atoms with Gasteiger partial charge in [-0.2, -0.15) is 0 Å². The van der Waals surface area contributed by atoms with Gasteiger partial charge in [-0.1, -0.05) is 0 Å². The number of anilines is 2. The molecule has 2 unspecified atom stereocenters. The predicted molar refractivity (Wildman–Crippen MR) is 90.3 cm³/mol. The molecule has 2 atom stereocenters. The van der Waals surface area contributed by atoms with E-state index >= 15 is 0 Å². The smallest absolute Gasteiger partial charge is 0.335 e. The van der Waals surface area contributed by atoms with Gasteiger partial charge in [-0.15, -0.1) is 0 Å². The van der Waals surface area contributed by atoms with Crippen LogP contribution in [0, 0.1) is 0 Å². The molecule has 0 radical (unpaired) electrons. The van der Waals surface area contributed by atoms with Crippen LogP contribution >= 0.6 is 0 Å². The van der Waals surface area contributed by atoms with Crippen LogP contribution in [0.5, 0.6) is 0 Å². The van der Waals surface area contributed by atoms with Crippen molar-refractivity contribution in [2.75, 3.05) is 11.5 Å². The van der Waals surface area contributed by atoms with Crippen molar-refractivity contribution >= 4 is 35.4 Å². The number of aromatic nitrogens is 4. The van der Waals surface area contributed by atoms with Gasteiger partial charge < -0.3 is 53.3 Å². The lowest BCUT2D eigenvalue weighted by Crippen LogP contribution is -2.39. The Labute approximate surface area is 155 Å². The number of rotatable bonds is 5. The van der Waals surface area contributed by atoms with Crippen molar-refractivity contribution in [3.05, 3.63) is 24.0 Å². The van der Waals surface area contributed by atoms with Crippen LogP contribution in [-0.2, 0) is 9.59 Å². The summed E-state index contributed by atoms with van der Waals surface area (Å²) >= 11 is 0. The molecule has 0 spiro atoms. The van der Waals surface area contributed by atoms with Gasteiger partial charge >= 0.3 is 11.9 Å². The Hall–Kier alpha value is -4.18. The summed E-state index contributed by atoms with van der Waals surface area (Å²) in [4.78, 5) is 52.4. The molecule has 2 rings (SSSR count). The van der Waals surface area contributed by atoms with Crippen LogP contribution in [0.4, 0.5) is 11.6 Å². The second-order valence-electron chi connectivity index (χ2n) is 4.62. The number of carboxylic acids is 2. The third kappa shape index (κ3) is 7.37. The number of carboxylic acid groups (broad SMARTS) is 2. The van der Waals surface area contributed by atoms with Gasteiger partial charge in [0.1, 0.15) is 11.4 Å². The van der Waals surface area contributed by atoms with E-state index in [2.05, 4.69) is 19.9 Å². The average Bonchev–Trinajstić information content (AvgIpc) is 3.22. The molecule has 0 fully saturated rings. The zero-order valence-corrected chi connectivity index (χ0v) is 13.9. The van der Waals surface area contributed by atoms with E-state index in [1.165, 1.54) is 12.7 Å². The topological polar surface area (TPSA) is 311 Å². The van der Waals surface area contributed by atoms with E-state index in [9.17, 15) is 19.2 Å². The maximum Gasteiger partial charge on any atom is 0.335 e. The number of nitrogens with two attached hydrogens (primary N) is 4. The number of hydrogen-bond donors (Lipinski definition) is 10. The molecular weight excluding hydrogens is 384 g/mol. The number of carbonyl (C=O) groups is 4. The third-order valence-electron chi connectivity index (χ3n) is 2.64. The quantitative estimate of drug-likeness (QED) is 0.229. The third-order valence-corrected chi connectivity index (χ3v) is 2.64. The van der Waals surface area contributed by atoms with Crippen LogP contribution in [0.25, 0.3) is 0 Å². The molecule has 0 aromatic carbocycles. The number of imidazole rings is 2. The number of aliphatic hydroxyl groups excluding tert-OH is 2. The summed E-state index contributed by atoms with van der Waals surface area (Å²) < 4.78 is 0. The highest BCUT2D eigenvalue weighted by molar-refractivity contribution is 5.95. The number of aliphatic carboxylic acids is 2. The Morgan fingerprint density at radius 2 is 1.07 bits per heavy atom. The second-order valence-corrected chi connectivity index (χ2v) is 4.62. The Morgan fingerprint density at radius 1 is 0.786 bits per heavy atom. The highest BCUT2D eigenvalue weighted by Gasteiger charge is 2.29. The summed E-state index contributed by atoms with van der Waals surface area (Å²) in [5.74, 6) is -4.44. The van der Waals surface area contributed by atoms with Gasteiger partial charge in [0.2, 0.25) is 0 Å². The molecular formula is C12H18N8O8. The first-order chi connectivity index (χ1) is 12.9. The fraction of sp³-hybridized carbons (Fsp3) is 0.167. The number of nitrogens with one attached hydrogen (secondary N) is 2. The molecule has 16 nitrogen and oxygen atoms in total. The highest BCUT2D eigenvalue weighted by Crippen LogP contribution is 2.01. The molecule has 154 valence electrons. The Kier molecular flexibility index (Phi) is 9.13. The second kappa shape index (κ2) is 10.7. The average molecular weight is 402 g/mol. The van der Waals surface area contributed by atoms with Crippen molar-refractivity contribution in [3.63, 3.8) is 0 Å². The lowest BCUT2D eigenvalue weighted by atomic mass is 10.2. The molecule has 2 amide bonds. The van der Waals surface area contributed by atoms with Crippen LogP contribution in [0.15, 0.2) is 12.7 Å². The largest absolute Gasteiger partial charge is 0.479 e. The monoisotopic (exact) mass is 402 g/mol. The van der Waals surface area contributed by atoms with Crippen LogP contribution in [0.1, 0.15) is 21.0 Å². The summed E-state index contributed by atoms with van der Waals surface area (Å²) in [6, 6.07) is 0. The molecule has 0 bridgehead atoms. The zero-order valence-electron chi connectivity index (χ0n) is 13.9. The first-order valence-electron chi connectivity index (χ1n) is 6.89. The number of primary amides is 2. The summed E-state index contributed by atoms with van der Waals surface area (Å²) in [6.07, 6.45) is -1.90. The van der Waals surface area contributed by atoms with Gasteiger partial charge in [-0.05, 0) is 0 Å². The number of carbonyl (C=O) groups excluding carboxylic acids is 2. The van der Waals surface area contributed by atoms with Crippen LogP contribution in [-0.4, -0.2) is 76.3 Å². The maximum atomic E-state index is 10.4. The van der Waals surface area contributed by atoms with E-state index in [-0.39, 0.29) is 23.0 Å². The van der Waals surface area contributed by atoms with Crippen LogP contribution in [0.2, 0.25) is 0 Å². The molecule has 0 saturated carbocycles. The van der Waals surface area contributed by atoms with Crippen molar-refractivity contribution in [2.45, 2.75) is 12.2 Å². The molecule has 16 heteroatoms. The predicted octanol–water partition coefficient (Wildman–Crippen LogP) is -3.94. The van der Waals surface area contributed by atoms with E-state index in [1.54, 1.807) is 0 Å². The molecule has 0 aliphatic heterocycles. The first kappa shape index (κ1) is 23.8. The van der Waals surface area contributed by atoms with E-state index in [0.29, 0.717) is 0 Å². The fourth-order valence-electron chi connectivity index (χ4n) is 1.27. The number of nitrogen functional groups attached to an aromatic ring is 2. The fourth-order valence-corrected chi connectivity index (χ4v) is 1.27. The molecule has 2 heterocycles. The summed E-state index contributed by atoms with van der Waals surface area (Å²) in [7, 11) is 0. The van der Waals surface area contributed by atoms with E-state index in [4.69, 9.17) is 43.4 Å². The zero-order chi connectivity index (χ0) is 22.0. The molecule has 0 saturated heterocycles. The SMILES string of the molecule is NC(=O)c1[nH]cnc1N.NC(=O)c1[nH]cnc1N.O=C(O)C(O)C(O)C(=O)O. The van der Waals surface area contributed by atoms with Crippen molar-refractivity contribution < 1.29 is 39.6 Å². The van der Waals surface area contributed by atoms with Gasteiger partial charge in [-0.3, -0.25) is 9.59 Å². The van der Waals surface area contributed by atoms with Gasteiger partial charge in [0, 0.05) is 0 Å². The lowest BCUT2D eigenvalue weighted by molar-refractivity contribution is -0.165. The van der Waals surface area contributed by atoms with Crippen molar-refractivity contribution in [3.8, 4) is 0 Å². The van der Waals surface area contributed by atoms with E-state index in [0.717, 1.165) is 0 Å². The number of aromatic amines is 2. The van der Waals surface area contributed by atoms with Crippen molar-refractivity contribution in [1.29, 1.82) is 0 Å². The van der Waals surface area contributed by atoms with Crippen LogP contribution < -0.4 is 22.9 Å². The molecule has 28 heavy (non-hydrogen) atoms. The molecule has 14 N–H and O–H groups in total. The van der Waals surface area contributed by atoms with Gasteiger partial charge in [-0.25, -0.2) is 19.6 Å². The molecule has 2 aromatic heterocycles. The lowest BCUT2D eigenvalue weighted by Gasteiger charge is -2.07. The Morgan fingerprint density at radius 3 is 1.18 bits per heavy atom. The minimum atomic E-state index is -2.27. The minimum Gasteiger partial charge on any atom is -0.479 e. The van der Waals surface area contributed by atoms with E-state index < -0.39 is 36.0 Å². The van der Waals surface area contributed by atoms with Crippen LogP contribution in [0.3, 0.4) is 0 Å². The highest BCUT2D eigenvalue weighted by atomic mass is 16.4. The Bertz CT molecular complexity index is 763. The minimum absolute atomic E-state index is 0.141. The standard InChI is InChI=1S/2C4H6N4O.C4H6O6/c2*5-3-2(4(6)9)7-1-8-3;5-1(3(7)8)2(6)4(9)10/h2*1H,5H2,(H2,6,9)(H,7,8);1-2,5-6H,(H,7,8)(H,9,10). The molecule has 0 aliphatic rings. The van der Waals surface area contributed by atoms with E-state index in [1.807, 2.05) is 0 Å². The number of hydrogen-bond acceptors (Lipinski definition) is 10. The number of H-pyrrole nitrogens is 2.